The normalized spacial score (nSPS) is 13.2. The molecular formula is C10H17NO. The van der Waals surface area contributed by atoms with Crippen LogP contribution in [0.3, 0.4) is 0 Å². The van der Waals surface area contributed by atoms with Crippen LogP contribution in [0, 0.1) is 0 Å². The van der Waals surface area contributed by atoms with Gasteiger partial charge in [-0.15, -0.1) is 0 Å². The fourth-order valence-electron chi connectivity index (χ4n) is 1.37. The molecule has 1 aromatic heterocycles. The lowest BCUT2D eigenvalue weighted by Gasteiger charge is -2.15. The molecule has 68 valence electrons. The summed E-state index contributed by atoms with van der Waals surface area (Å²) in [7, 11) is 0. The summed E-state index contributed by atoms with van der Waals surface area (Å²) in [4.78, 5) is 0. The summed E-state index contributed by atoms with van der Waals surface area (Å²) in [6.07, 6.45) is 7.47. The van der Waals surface area contributed by atoms with Gasteiger partial charge >= 0.3 is 0 Å². The highest BCUT2D eigenvalue weighted by atomic mass is 16.3. The number of hydrogen-bond acceptors (Lipinski definition) is 1. The fourth-order valence-corrected chi connectivity index (χ4v) is 1.37. The third-order valence-electron chi connectivity index (χ3n) is 2.15. The van der Waals surface area contributed by atoms with Crippen LogP contribution in [0.5, 0.6) is 0 Å². The Balaban J connectivity index is 2.45. The van der Waals surface area contributed by atoms with E-state index < -0.39 is 0 Å². The maximum absolute atomic E-state index is 9.10. The van der Waals surface area contributed by atoms with Crippen molar-refractivity contribution in [2.75, 3.05) is 6.61 Å². The van der Waals surface area contributed by atoms with Crippen molar-refractivity contribution in [3.8, 4) is 0 Å². The van der Waals surface area contributed by atoms with Gasteiger partial charge in [0.15, 0.2) is 0 Å². The first-order chi connectivity index (χ1) is 5.88. The quantitative estimate of drug-likeness (QED) is 0.714. The monoisotopic (exact) mass is 167 g/mol. The van der Waals surface area contributed by atoms with Crippen molar-refractivity contribution in [1.82, 2.24) is 4.57 Å². The second kappa shape index (κ2) is 4.99. The van der Waals surface area contributed by atoms with Crippen LogP contribution in [-0.4, -0.2) is 16.3 Å². The highest BCUT2D eigenvalue weighted by molar-refractivity contribution is 4.93. The van der Waals surface area contributed by atoms with Crippen LogP contribution in [0.1, 0.15) is 32.2 Å². The van der Waals surface area contributed by atoms with Gasteiger partial charge in [-0.25, -0.2) is 0 Å². The Bertz CT molecular complexity index is 194. The van der Waals surface area contributed by atoms with Crippen molar-refractivity contribution in [3.05, 3.63) is 24.5 Å². The first-order valence-electron chi connectivity index (χ1n) is 4.61. The van der Waals surface area contributed by atoms with Crippen molar-refractivity contribution in [3.63, 3.8) is 0 Å². The summed E-state index contributed by atoms with van der Waals surface area (Å²) >= 11 is 0. The van der Waals surface area contributed by atoms with E-state index in [4.69, 9.17) is 5.11 Å². The van der Waals surface area contributed by atoms with Gasteiger partial charge in [0.2, 0.25) is 0 Å². The molecule has 1 rings (SSSR count). The molecule has 0 fully saturated rings. The fraction of sp³-hybridized carbons (Fsp3) is 0.600. The third kappa shape index (κ3) is 2.38. The summed E-state index contributed by atoms with van der Waals surface area (Å²) < 4.78 is 2.08. The van der Waals surface area contributed by atoms with Gasteiger partial charge in [0.1, 0.15) is 0 Å². The van der Waals surface area contributed by atoms with Crippen molar-refractivity contribution in [1.29, 1.82) is 0 Å². The maximum Gasteiger partial charge on any atom is 0.0638 e. The van der Waals surface area contributed by atoms with E-state index in [0.717, 1.165) is 6.42 Å². The van der Waals surface area contributed by atoms with Crippen LogP contribution >= 0.6 is 0 Å². The van der Waals surface area contributed by atoms with Gasteiger partial charge in [0.05, 0.1) is 12.6 Å². The van der Waals surface area contributed by atoms with Crippen molar-refractivity contribution in [2.45, 2.75) is 32.2 Å². The summed E-state index contributed by atoms with van der Waals surface area (Å²) in [5, 5.41) is 9.10. The topological polar surface area (TPSA) is 25.2 Å². The first-order valence-corrected chi connectivity index (χ1v) is 4.61. The molecule has 1 heterocycles. The highest BCUT2D eigenvalue weighted by Crippen LogP contribution is 2.14. The summed E-state index contributed by atoms with van der Waals surface area (Å²) in [6.45, 7) is 2.42. The minimum atomic E-state index is 0.245. The first kappa shape index (κ1) is 9.33. The zero-order chi connectivity index (χ0) is 8.81. The van der Waals surface area contributed by atoms with Crippen LogP contribution < -0.4 is 0 Å². The molecule has 0 spiro atoms. The zero-order valence-corrected chi connectivity index (χ0v) is 7.61. The van der Waals surface area contributed by atoms with Crippen molar-refractivity contribution < 1.29 is 5.11 Å². The van der Waals surface area contributed by atoms with E-state index >= 15 is 0 Å². The molecule has 0 aromatic carbocycles. The molecule has 1 N–H and O–H groups in total. The van der Waals surface area contributed by atoms with E-state index in [1.54, 1.807) is 0 Å². The predicted octanol–water partition coefficient (Wildman–Crippen LogP) is 2.21. The van der Waals surface area contributed by atoms with Crippen LogP contribution in [0.2, 0.25) is 0 Å². The second-order valence-corrected chi connectivity index (χ2v) is 3.11. The molecule has 2 heteroatoms. The smallest absolute Gasteiger partial charge is 0.0638 e. The molecule has 1 aromatic rings. The van der Waals surface area contributed by atoms with E-state index in [1.165, 1.54) is 12.8 Å². The highest BCUT2D eigenvalue weighted by Gasteiger charge is 2.06. The van der Waals surface area contributed by atoms with Gasteiger partial charge in [0, 0.05) is 12.4 Å². The Morgan fingerprint density at radius 2 is 2.00 bits per heavy atom. The van der Waals surface area contributed by atoms with Gasteiger partial charge < -0.3 is 9.67 Å². The molecule has 0 amide bonds. The standard InChI is InChI=1S/C10H17NO/c1-2-3-6-10(9-12)11-7-4-5-8-11/h4-5,7-8,10,12H,2-3,6,9H2,1H3. The molecule has 0 bridgehead atoms. The molecule has 0 saturated heterocycles. The number of aliphatic hydroxyl groups excluding tert-OH is 1. The van der Waals surface area contributed by atoms with E-state index in [-0.39, 0.29) is 12.6 Å². The SMILES string of the molecule is CCCCC(CO)n1cccc1. The second-order valence-electron chi connectivity index (χ2n) is 3.11. The van der Waals surface area contributed by atoms with Crippen LogP contribution in [0.25, 0.3) is 0 Å². The van der Waals surface area contributed by atoms with Crippen LogP contribution in [-0.2, 0) is 0 Å². The van der Waals surface area contributed by atoms with Crippen LogP contribution in [0.15, 0.2) is 24.5 Å². The van der Waals surface area contributed by atoms with Gasteiger partial charge in [-0.05, 0) is 18.6 Å². The van der Waals surface area contributed by atoms with E-state index in [2.05, 4.69) is 11.5 Å². The van der Waals surface area contributed by atoms with Gasteiger partial charge in [-0.3, -0.25) is 0 Å². The largest absolute Gasteiger partial charge is 0.394 e. The Morgan fingerprint density at radius 1 is 1.33 bits per heavy atom. The lowest BCUT2D eigenvalue weighted by Crippen LogP contribution is -2.11. The zero-order valence-electron chi connectivity index (χ0n) is 7.61. The molecule has 12 heavy (non-hydrogen) atoms. The molecule has 0 aliphatic rings. The van der Waals surface area contributed by atoms with Crippen LogP contribution in [0.4, 0.5) is 0 Å². The lowest BCUT2D eigenvalue weighted by molar-refractivity contribution is 0.218. The molecular weight excluding hydrogens is 150 g/mol. The molecule has 1 unspecified atom stereocenters. The maximum atomic E-state index is 9.10. The Hall–Kier alpha value is -0.760. The Morgan fingerprint density at radius 3 is 2.50 bits per heavy atom. The number of hydrogen-bond donors (Lipinski definition) is 1. The number of aromatic nitrogens is 1. The average Bonchev–Trinajstić information content (AvgIpc) is 2.59. The number of rotatable bonds is 5. The molecule has 0 saturated carbocycles. The van der Waals surface area contributed by atoms with Gasteiger partial charge in [-0.2, -0.15) is 0 Å². The van der Waals surface area contributed by atoms with Crippen molar-refractivity contribution >= 4 is 0 Å². The summed E-state index contributed by atoms with van der Waals surface area (Å²) in [5.74, 6) is 0. The van der Waals surface area contributed by atoms with E-state index in [1.807, 2.05) is 24.5 Å². The third-order valence-corrected chi connectivity index (χ3v) is 2.15. The predicted molar refractivity (Wildman–Crippen MR) is 50.1 cm³/mol. The number of unbranched alkanes of at least 4 members (excludes halogenated alkanes) is 1. The molecule has 0 aliphatic carbocycles. The average molecular weight is 167 g/mol. The Labute approximate surface area is 73.8 Å². The van der Waals surface area contributed by atoms with E-state index in [9.17, 15) is 0 Å². The van der Waals surface area contributed by atoms with Gasteiger partial charge in [0.25, 0.3) is 0 Å². The van der Waals surface area contributed by atoms with Gasteiger partial charge in [-0.1, -0.05) is 19.8 Å². The van der Waals surface area contributed by atoms with E-state index in [0.29, 0.717) is 0 Å². The Kier molecular flexibility index (Phi) is 3.88. The molecule has 2 nitrogen and oxygen atoms in total. The lowest BCUT2D eigenvalue weighted by atomic mass is 10.1. The number of nitrogens with zero attached hydrogens (tertiary/aromatic N) is 1. The van der Waals surface area contributed by atoms with Crippen molar-refractivity contribution in [2.24, 2.45) is 0 Å². The molecule has 0 radical (unpaired) electrons. The molecule has 0 aliphatic heterocycles. The summed E-state index contributed by atoms with van der Waals surface area (Å²) in [5.41, 5.74) is 0. The molecule has 1 atom stereocenters. The minimum Gasteiger partial charge on any atom is -0.394 e. The summed E-state index contributed by atoms with van der Waals surface area (Å²) in [6, 6.07) is 4.27. The number of aliphatic hydroxyl groups is 1. The minimum absolute atomic E-state index is 0.245.